The largest absolute Gasteiger partial charge is 0.495 e. The molecule has 168 valence electrons. The van der Waals surface area contributed by atoms with Crippen molar-refractivity contribution in [3.8, 4) is 11.5 Å². The number of hydrogen-bond acceptors (Lipinski definition) is 7. The van der Waals surface area contributed by atoms with Crippen molar-refractivity contribution in [2.24, 2.45) is 16.1 Å². The fourth-order valence-electron chi connectivity index (χ4n) is 5.81. The summed E-state index contributed by atoms with van der Waals surface area (Å²) in [5.74, 6) is 1.38. The predicted octanol–water partition coefficient (Wildman–Crippen LogP) is 3.71. The number of nitrogens with zero attached hydrogens (tertiary/aromatic N) is 2. The molecule has 1 aromatic carbocycles. The van der Waals surface area contributed by atoms with Crippen LogP contribution in [0, 0.1) is 12.3 Å². The molecule has 7 heteroatoms. The molecular formula is C25H29N3O4. The van der Waals surface area contributed by atoms with Gasteiger partial charge in [0.05, 0.1) is 13.3 Å². The SMILES string of the molecule is COc1cnc(C(=O)Cc2ccc3c(c2)C2(COC(N)=N2)C2(CCC2)C(C)(C)O3)c(C)c1. The predicted molar refractivity (Wildman–Crippen MR) is 120 cm³/mol. The number of ketones is 1. The van der Waals surface area contributed by atoms with Crippen LogP contribution in [-0.2, 0) is 16.7 Å². The number of nitrogens with two attached hydrogens (primary N) is 1. The number of rotatable bonds is 4. The molecule has 1 aliphatic carbocycles. The Kier molecular flexibility index (Phi) is 4.52. The lowest BCUT2D eigenvalue weighted by Gasteiger charge is -2.62. The Balaban J connectivity index is 1.54. The Morgan fingerprint density at radius 3 is 2.62 bits per heavy atom. The Morgan fingerprint density at radius 2 is 2.03 bits per heavy atom. The zero-order chi connectivity index (χ0) is 22.7. The topological polar surface area (TPSA) is 96.0 Å². The van der Waals surface area contributed by atoms with Gasteiger partial charge in [-0.1, -0.05) is 12.5 Å². The number of aliphatic imine (C=N–C) groups is 1. The number of methoxy groups -OCH3 is 1. The summed E-state index contributed by atoms with van der Waals surface area (Å²) in [7, 11) is 1.58. The molecule has 2 N–H and O–H groups in total. The summed E-state index contributed by atoms with van der Waals surface area (Å²) in [6.45, 7) is 6.54. The second kappa shape index (κ2) is 6.95. The molecule has 1 aromatic heterocycles. The maximum Gasteiger partial charge on any atom is 0.283 e. The molecule has 2 spiro atoms. The number of amidine groups is 1. The Labute approximate surface area is 188 Å². The fraction of sp³-hybridized carbons (Fsp3) is 0.480. The smallest absolute Gasteiger partial charge is 0.283 e. The minimum atomic E-state index is -0.597. The molecule has 0 amide bonds. The summed E-state index contributed by atoms with van der Waals surface area (Å²) in [6, 6.07) is 7.99. The average Bonchev–Trinajstić information content (AvgIpc) is 3.09. The number of hydrogen-bond donors (Lipinski definition) is 1. The van der Waals surface area contributed by atoms with E-state index in [1.54, 1.807) is 13.3 Å². The highest BCUT2D eigenvalue weighted by atomic mass is 16.5. The lowest BCUT2D eigenvalue weighted by atomic mass is 9.48. The van der Waals surface area contributed by atoms with Gasteiger partial charge in [-0.25, -0.2) is 9.98 Å². The second-order valence-electron chi connectivity index (χ2n) is 9.62. The summed E-state index contributed by atoms with van der Waals surface area (Å²) < 4.78 is 17.5. The van der Waals surface area contributed by atoms with E-state index in [2.05, 4.69) is 18.8 Å². The summed E-state index contributed by atoms with van der Waals surface area (Å²) in [6.07, 6.45) is 4.93. The minimum Gasteiger partial charge on any atom is -0.495 e. The van der Waals surface area contributed by atoms with Gasteiger partial charge < -0.3 is 19.9 Å². The maximum absolute atomic E-state index is 13.1. The summed E-state index contributed by atoms with van der Waals surface area (Å²) in [5, 5.41) is 0. The van der Waals surface area contributed by atoms with Crippen LogP contribution in [0.5, 0.6) is 11.5 Å². The lowest BCUT2D eigenvalue weighted by molar-refractivity contribution is -0.157. The highest BCUT2D eigenvalue weighted by Crippen LogP contribution is 2.67. The molecule has 0 bridgehead atoms. The zero-order valence-electron chi connectivity index (χ0n) is 19.0. The normalized spacial score (nSPS) is 24.2. The van der Waals surface area contributed by atoms with Crippen LogP contribution < -0.4 is 15.2 Å². The number of ether oxygens (including phenoxy) is 3. The van der Waals surface area contributed by atoms with Gasteiger partial charge in [-0.3, -0.25) is 4.79 Å². The van der Waals surface area contributed by atoms with E-state index in [1.165, 1.54) is 0 Å². The number of carbonyl (C=O) groups is 1. The lowest BCUT2D eigenvalue weighted by Crippen LogP contribution is -2.66. The van der Waals surface area contributed by atoms with Crippen LogP contribution in [0.2, 0.25) is 0 Å². The number of benzene rings is 1. The quantitative estimate of drug-likeness (QED) is 0.736. The molecule has 2 aromatic rings. The van der Waals surface area contributed by atoms with Crippen LogP contribution in [0.25, 0.3) is 0 Å². The molecule has 1 unspecified atom stereocenters. The van der Waals surface area contributed by atoms with Gasteiger partial charge in [-0.05, 0) is 62.9 Å². The van der Waals surface area contributed by atoms with Crippen molar-refractivity contribution < 1.29 is 19.0 Å². The van der Waals surface area contributed by atoms with Crippen LogP contribution >= 0.6 is 0 Å². The molecule has 5 rings (SSSR count). The van der Waals surface area contributed by atoms with E-state index in [4.69, 9.17) is 24.9 Å². The van der Waals surface area contributed by atoms with Crippen LogP contribution in [0.3, 0.4) is 0 Å². The van der Waals surface area contributed by atoms with Gasteiger partial charge in [0.25, 0.3) is 6.02 Å². The van der Waals surface area contributed by atoms with Gasteiger partial charge in [-0.15, -0.1) is 0 Å². The van der Waals surface area contributed by atoms with Crippen molar-refractivity contribution in [1.82, 2.24) is 4.98 Å². The Morgan fingerprint density at radius 1 is 1.25 bits per heavy atom. The van der Waals surface area contributed by atoms with E-state index in [-0.39, 0.29) is 23.6 Å². The molecule has 2 aliphatic heterocycles. The molecule has 1 fully saturated rings. The number of aromatic nitrogens is 1. The first-order valence-corrected chi connectivity index (χ1v) is 11.1. The highest BCUT2D eigenvalue weighted by Gasteiger charge is 2.69. The van der Waals surface area contributed by atoms with E-state index < -0.39 is 11.1 Å². The molecule has 3 heterocycles. The fourth-order valence-corrected chi connectivity index (χ4v) is 5.81. The van der Waals surface area contributed by atoms with E-state index in [9.17, 15) is 4.79 Å². The van der Waals surface area contributed by atoms with E-state index in [1.807, 2.05) is 31.2 Å². The van der Waals surface area contributed by atoms with Crippen molar-refractivity contribution in [3.05, 3.63) is 52.8 Å². The first-order valence-electron chi connectivity index (χ1n) is 11.1. The van der Waals surface area contributed by atoms with Crippen LogP contribution in [0.1, 0.15) is 60.3 Å². The Bertz CT molecular complexity index is 1140. The van der Waals surface area contributed by atoms with Crippen LogP contribution in [0.15, 0.2) is 35.5 Å². The van der Waals surface area contributed by atoms with Crippen molar-refractivity contribution in [2.75, 3.05) is 13.7 Å². The van der Waals surface area contributed by atoms with Gasteiger partial charge in [-0.2, -0.15) is 0 Å². The minimum absolute atomic E-state index is 0.0414. The van der Waals surface area contributed by atoms with Gasteiger partial charge in [0, 0.05) is 17.4 Å². The summed E-state index contributed by atoms with van der Waals surface area (Å²) in [4.78, 5) is 22.3. The van der Waals surface area contributed by atoms with Gasteiger partial charge >= 0.3 is 0 Å². The maximum atomic E-state index is 13.1. The van der Waals surface area contributed by atoms with E-state index in [0.717, 1.165) is 41.7 Å². The molecule has 1 saturated carbocycles. The van der Waals surface area contributed by atoms with E-state index in [0.29, 0.717) is 18.1 Å². The summed E-state index contributed by atoms with van der Waals surface area (Å²) in [5.41, 5.74) is 7.95. The number of Topliss-reactive ketones (excluding diaryl/α,β-unsaturated/α-hetero) is 1. The van der Waals surface area contributed by atoms with Crippen molar-refractivity contribution in [1.29, 1.82) is 0 Å². The number of fused-ring (bicyclic) bond motifs is 3. The number of pyridine rings is 1. The summed E-state index contributed by atoms with van der Waals surface area (Å²) >= 11 is 0. The third-order valence-corrected chi connectivity index (χ3v) is 7.65. The molecule has 32 heavy (non-hydrogen) atoms. The van der Waals surface area contributed by atoms with Gasteiger partial charge in [0.15, 0.2) is 5.78 Å². The zero-order valence-corrected chi connectivity index (χ0v) is 19.0. The monoisotopic (exact) mass is 435 g/mol. The van der Waals surface area contributed by atoms with Crippen molar-refractivity contribution in [3.63, 3.8) is 0 Å². The number of carbonyl (C=O) groups excluding carboxylic acids is 1. The van der Waals surface area contributed by atoms with Crippen LogP contribution in [0.4, 0.5) is 0 Å². The standard InChI is InChI=1S/C25H29N3O4/c1-15-10-17(30-4)13-27-21(15)19(29)12-16-6-7-20-18(11-16)25(14-31-22(26)28-25)24(8-5-9-24)23(2,3)32-20/h6-7,10-11,13H,5,8-9,12,14H2,1-4H3,(H2,26,28). The van der Waals surface area contributed by atoms with E-state index >= 15 is 0 Å². The van der Waals surface area contributed by atoms with Gasteiger partial charge in [0.1, 0.15) is 34.9 Å². The third-order valence-electron chi connectivity index (χ3n) is 7.65. The first-order chi connectivity index (χ1) is 15.2. The van der Waals surface area contributed by atoms with Crippen molar-refractivity contribution in [2.45, 2.75) is 57.6 Å². The van der Waals surface area contributed by atoms with Gasteiger partial charge in [0.2, 0.25) is 0 Å². The molecule has 7 nitrogen and oxygen atoms in total. The third kappa shape index (κ3) is 2.76. The van der Waals surface area contributed by atoms with Crippen LogP contribution in [-0.4, -0.2) is 36.1 Å². The number of aryl methyl sites for hydroxylation is 1. The molecular weight excluding hydrogens is 406 g/mol. The first kappa shape index (κ1) is 20.8. The Hall–Kier alpha value is -3.09. The molecule has 0 radical (unpaired) electrons. The average molecular weight is 436 g/mol. The molecule has 1 atom stereocenters. The molecule has 3 aliphatic rings. The molecule has 0 saturated heterocycles. The second-order valence-corrected chi connectivity index (χ2v) is 9.62. The van der Waals surface area contributed by atoms with Crippen molar-refractivity contribution >= 4 is 11.8 Å². The highest BCUT2D eigenvalue weighted by molar-refractivity contribution is 5.97.